The Hall–Kier alpha value is -4.64. The van der Waals surface area contributed by atoms with Gasteiger partial charge in [-0.15, -0.1) is 0 Å². The third kappa shape index (κ3) is 6.10. The van der Waals surface area contributed by atoms with Gasteiger partial charge < -0.3 is 10.2 Å². The molecule has 0 saturated carbocycles. The predicted molar refractivity (Wildman–Crippen MR) is 137 cm³/mol. The number of nitrogens with one attached hydrogen (secondary N) is 2. The number of fused-ring (bicyclic) bond motifs is 1. The van der Waals surface area contributed by atoms with Crippen LogP contribution >= 0.6 is 0 Å². The molecular formula is C25H23F2N7O4S. The van der Waals surface area contributed by atoms with Crippen molar-refractivity contribution in [1.82, 2.24) is 20.0 Å². The molecule has 4 rings (SSSR count). The van der Waals surface area contributed by atoms with Crippen molar-refractivity contribution in [2.75, 3.05) is 22.8 Å². The molecule has 1 atom stereocenters. The standard InChI is InChI=1S/C25H23F2N7O4S/c1-15-7-21(4-3-17(15)12-28)33(2)24(35)22(10-16-8-19(26)11-20(27)9-16)31-25(36)32-39(37,38)34-6-5-18-13-29-14-30-23(18)34/h3-4,7-9,11,13-14,22H,5-6,10H2,1-2H3,(H2,31,32,36)/t22-/m0/s1. The molecule has 2 N–H and O–H groups in total. The van der Waals surface area contributed by atoms with Crippen molar-refractivity contribution >= 4 is 33.7 Å². The summed E-state index contributed by atoms with van der Waals surface area (Å²) in [6.45, 7) is 1.72. The first-order valence-electron chi connectivity index (χ1n) is 11.6. The van der Waals surface area contributed by atoms with Crippen molar-refractivity contribution in [2.45, 2.75) is 25.8 Å². The van der Waals surface area contributed by atoms with E-state index in [1.54, 1.807) is 13.0 Å². The van der Waals surface area contributed by atoms with Crippen molar-refractivity contribution < 1.29 is 26.8 Å². The Labute approximate surface area is 223 Å². The Kier molecular flexibility index (Phi) is 7.73. The number of rotatable bonds is 7. The molecular weight excluding hydrogens is 532 g/mol. The molecule has 0 radical (unpaired) electrons. The third-order valence-electron chi connectivity index (χ3n) is 6.11. The van der Waals surface area contributed by atoms with Crippen LogP contribution in [0.4, 0.5) is 25.1 Å². The van der Waals surface area contributed by atoms with Crippen molar-refractivity contribution in [3.05, 3.63) is 82.8 Å². The quantitative estimate of drug-likeness (QED) is 0.454. The largest absolute Gasteiger partial charge is 0.330 e. The zero-order valence-corrected chi connectivity index (χ0v) is 21.7. The minimum atomic E-state index is -4.41. The van der Waals surface area contributed by atoms with Crippen LogP contribution in [0.1, 0.15) is 22.3 Å². The van der Waals surface area contributed by atoms with Gasteiger partial charge in [-0.3, -0.25) is 4.79 Å². The number of halogens is 2. The van der Waals surface area contributed by atoms with E-state index in [1.807, 2.05) is 10.8 Å². The van der Waals surface area contributed by atoms with Crippen LogP contribution in [0, 0.1) is 29.9 Å². The number of hydrogen-bond donors (Lipinski definition) is 2. The maximum absolute atomic E-state index is 13.8. The van der Waals surface area contributed by atoms with E-state index in [2.05, 4.69) is 15.3 Å². The summed E-state index contributed by atoms with van der Waals surface area (Å²) in [5, 5.41) is 11.5. The van der Waals surface area contributed by atoms with Gasteiger partial charge in [0.25, 0.3) is 0 Å². The summed E-state index contributed by atoms with van der Waals surface area (Å²) in [5.74, 6) is -2.33. The van der Waals surface area contributed by atoms with Gasteiger partial charge in [0, 0.05) is 43.5 Å². The Morgan fingerprint density at radius 3 is 2.59 bits per heavy atom. The molecule has 2 aromatic carbocycles. The highest BCUT2D eigenvalue weighted by atomic mass is 32.2. The summed E-state index contributed by atoms with van der Waals surface area (Å²) >= 11 is 0. The lowest BCUT2D eigenvalue weighted by Gasteiger charge is -2.26. The number of carbonyl (C=O) groups is 2. The first-order valence-corrected chi connectivity index (χ1v) is 13.1. The molecule has 2 heterocycles. The number of nitrogens with zero attached hydrogens (tertiary/aromatic N) is 5. The smallest absolute Gasteiger partial charge is 0.325 e. The lowest BCUT2D eigenvalue weighted by molar-refractivity contribution is -0.120. The molecule has 39 heavy (non-hydrogen) atoms. The van der Waals surface area contributed by atoms with Gasteiger partial charge in [0.2, 0.25) is 5.91 Å². The first-order chi connectivity index (χ1) is 18.5. The van der Waals surface area contributed by atoms with E-state index in [9.17, 15) is 32.0 Å². The van der Waals surface area contributed by atoms with E-state index in [0.29, 0.717) is 34.9 Å². The fourth-order valence-electron chi connectivity index (χ4n) is 4.18. The van der Waals surface area contributed by atoms with E-state index in [4.69, 9.17) is 0 Å². The zero-order chi connectivity index (χ0) is 28.3. The van der Waals surface area contributed by atoms with Crippen molar-refractivity contribution in [1.29, 1.82) is 5.26 Å². The van der Waals surface area contributed by atoms with Gasteiger partial charge >= 0.3 is 16.2 Å². The van der Waals surface area contributed by atoms with Crippen LogP contribution in [-0.2, 0) is 27.8 Å². The van der Waals surface area contributed by atoms with Crippen LogP contribution in [0.15, 0.2) is 48.9 Å². The maximum atomic E-state index is 13.8. The van der Waals surface area contributed by atoms with Gasteiger partial charge in [-0.1, -0.05) is 0 Å². The molecule has 1 aliphatic rings. The van der Waals surface area contributed by atoms with Crippen LogP contribution in [-0.4, -0.2) is 50.0 Å². The van der Waals surface area contributed by atoms with Crippen molar-refractivity contribution in [2.24, 2.45) is 0 Å². The molecule has 0 saturated heterocycles. The summed E-state index contributed by atoms with van der Waals surface area (Å²) in [6.07, 6.45) is 2.66. The second-order valence-corrected chi connectivity index (χ2v) is 10.4. The number of likely N-dealkylation sites (N-methyl/N-ethyl adjacent to an activating group) is 1. The van der Waals surface area contributed by atoms with Gasteiger partial charge in [-0.2, -0.15) is 13.7 Å². The van der Waals surface area contributed by atoms with E-state index >= 15 is 0 Å². The minimum absolute atomic E-state index is 0.0301. The Morgan fingerprint density at radius 1 is 1.21 bits per heavy atom. The molecule has 0 bridgehead atoms. The Bertz CT molecular complexity index is 1570. The fourth-order valence-corrected chi connectivity index (χ4v) is 5.31. The van der Waals surface area contributed by atoms with Gasteiger partial charge in [0.15, 0.2) is 0 Å². The highest BCUT2D eigenvalue weighted by Crippen LogP contribution is 2.26. The van der Waals surface area contributed by atoms with Gasteiger partial charge in [0.05, 0.1) is 11.6 Å². The molecule has 0 spiro atoms. The minimum Gasteiger partial charge on any atom is -0.325 e. The molecule has 1 aromatic heterocycles. The fraction of sp³-hybridized carbons (Fsp3) is 0.240. The van der Waals surface area contributed by atoms with Crippen molar-refractivity contribution in [3.8, 4) is 6.07 Å². The number of carbonyl (C=O) groups excluding carboxylic acids is 2. The number of aryl methyl sites for hydroxylation is 1. The van der Waals surface area contributed by atoms with Crippen LogP contribution in [0.25, 0.3) is 0 Å². The van der Waals surface area contributed by atoms with E-state index in [0.717, 1.165) is 16.4 Å². The van der Waals surface area contributed by atoms with E-state index < -0.39 is 39.8 Å². The molecule has 11 nitrogen and oxygen atoms in total. The molecule has 0 aliphatic carbocycles. The van der Waals surface area contributed by atoms with Gasteiger partial charge in [0.1, 0.15) is 29.8 Å². The lowest BCUT2D eigenvalue weighted by Crippen LogP contribution is -2.54. The summed E-state index contributed by atoms with van der Waals surface area (Å²) < 4.78 is 56.3. The topological polar surface area (TPSA) is 148 Å². The summed E-state index contributed by atoms with van der Waals surface area (Å²) in [7, 11) is -2.99. The van der Waals surface area contributed by atoms with Crippen LogP contribution in [0.2, 0.25) is 0 Å². The van der Waals surface area contributed by atoms with Crippen molar-refractivity contribution in [3.63, 3.8) is 0 Å². The zero-order valence-electron chi connectivity index (χ0n) is 20.9. The van der Waals surface area contributed by atoms with E-state index in [1.165, 1.54) is 36.6 Å². The summed E-state index contributed by atoms with van der Waals surface area (Å²) in [6, 6.07) is 6.70. The number of urea groups is 1. The molecule has 0 fully saturated rings. The second kappa shape index (κ2) is 11.0. The van der Waals surface area contributed by atoms with E-state index in [-0.39, 0.29) is 24.3 Å². The maximum Gasteiger partial charge on any atom is 0.330 e. The number of amides is 3. The highest BCUT2D eigenvalue weighted by molar-refractivity contribution is 7.91. The number of aromatic nitrogens is 2. The molecule has 0 unspecified atom stereocenters. The van der Waals surface area contributed by atoms with Gasteiger partial charge in [-0.05, 0) is 54.8 Å². The monoisotopic (exact) mass is 555 g/mol. The highest BCUT2D eigenvalue weighted by Gasteiger charge is 2.33. The molecule has 1 aliphatic heterocycles. The van der Waals surface area contributed by atoms with Gasteiger partial charge in [-0.25, -0.2) is 32.6 Å². The Morgan fingerprint density at radius 2 is 1.92 bits per heavy atom. The normalized spacial score (nSPS) is 13.3. The number of hydrogen-bond acceptors (Lipinski definition) is 7. The van der Waals surface area contributed by atoms with Crippen LogP contribution in [0.3, 0.4) is 0 Å². The lowest BCUT2D eigenvalue weighted by atomic mass is 10.0. The number of nitriles is 1. The molecule has 3 aromatic rings. The number of benzene rings is 2. The van der Waals surface area contributed by atoms with Crippen LogP contribution in [0.5, 0.6) is 0 Å². The first kappa shape index (κ1) is 27.4. The summed E-state index contributed by atoms with van der Waals surface area (Å²) in [4.78, 5) is 35.3. The third-order valence-corrected chi connectivity index (χ3v) is 7.49. The SMILES string of the molecule is Cc1cc(N(C)C(=O)[C@H](Cc2cc(F)cc(F)c2)NC(=O)NS(=O)(=O)N2CCc3cncnc32)ccc1C#N. The average molecular weight is 556 g/mol. The second-order valence-electron chi connectivity index (χ2n) is 8.82. The average Bonchev–Trinajstić information content (AvgIpc) is 3.32. The molecule has 202 valence electrons. The van der Waals surface area contributed by atoms with Crippen LogP contribution < -0.4 is 19.2 Å². The molecule has 3 amide bonds. The Balaban J connectivity index is 1.58. The molecule has 14 heteroatoms. The summed E-state index contributed by atoms with van der Waals surface area (Å²) in [5.41, 5.74) is 2.04. The number of anilines is 2. The predicted octanol–water partition coefficient (Wildman–Crippen LogP) is 2.12.